The van der Waals surface area contributed by atoms with Gasteiger partial charge in [0, 0.05) is 6.54 Å². The summed E-state index contributed by atoms with van der Waals surface area (Å²) in [4.78, 5) is 4.23. The molecule has 1 fully saturated rings. The fraction of sp³-hybridized carbons (Fsp3) is 0.818. The van der Waals surface area contributed by atoms with Crippen LogP contribution >= 0.6 is 0 Å². The lowest BCUT2D eigenvalue weighted by Gasteiger charge is -2.06. The zero-order valence-electron chi connectivity index (χ0n) is 9.82. The van der Waals surface area contributed by atoms with E-state index in [0.717, 1.165) is 31.4 Å². The molecule has 1 aromatic rings. The van der Waals surface area contributed by atoms with E-state index in [1.165, 1.54) is 6.42 Å². The Morgan fingerprint density at radius 1 is 1.60 bits per heavy atom. The SMILES string of the molecule is CCn1ncnc1CNCC1CC1(C)C. The van der Waals surface area contributed by atoms with E-state index >= 15 is 0 Å². The lowest BCUT2D eigenvalue weighted by Crippen LogP contribution is -2.20. The number of nitrogens with one attached hydrogen (secondary N) is 1. The molecular weight excluding hydrogens is 188 g/mol. The fourth-order valence-corrected chi connectivity index (χ4v) is 1.97. The van der Waals surface area contributed by atoms with Crippen molar-refractivity contribution >= 4 is 0 Å². The third kappa shape index (κ3) is 2.37. The molecule has 0 aliphatic heterocycles. The Bertz CT molecular complexity index is 329. The first kappa shape index (κ1) is 10.6. The minimum atomic E-state index is 0.561. The van der Waals surface area contributed by atoms with Crippen molar-refractivity contribution in [3.63, 3.8) is 0 Å². The Balaban J connectivity index is 1.74. The molecule has 1 saturated carbocycles. The Hall–Kier alpha value is -0.900. The molecule has 0 amide bonds. The van der Waals surface area contributed by atoms with Gasteiger partial charge in [-0.3, -0.25) is 0 Å². The average molecular weight is 208 g/mol. The van der Waals surface area contributed by atoms with Gasteiger partial charge in [-0.2, -0.15) is 5.10 Å². The number of hydrogen-bond donors (Lipinski definition) is 1. The standard InChI is InChI=1S/C11H20N4/c1-4-15-10(13-8-14-15)7-12-6-9-5-11(9,2)3/h8-9,12H,4-7H2,1-3H3. The highest BCUT2D eigenvalue weighted by atomic mass is 15.3. The summed E-state index contributed by atoms with van der Waals surface area (Å²) in [7, 11) is 0. The van der Waals surface area contributed by atoms with Gasteiger partial charge in [0.2, 0.25) is 0 Å². The normalized spacial score (nSPS) is 23.0. The van der Waals surface area contributed by atoms with Gasteiger partial charge < -0.3 is 5.32 Å². The quantitative estimate of drug-likeness (QED) is 0.796. The molecule has 0 bridgehead atoms. The molecule has 2 rings (SSSR count). The first-order valence-corrected chi connectivity index (χ1v) is 5.71. The Morgan fingerprint density at radius 3 is 2.93 bits per heavy atom. The molecule has 0 saturated heterocycles. The van der Waals surface area contributed by atoms with Crippen molar-refractivity contribution < 1.29 is 0 Å². The van der Waals surface area contributed by atoms with Gasteiger partial charge in [0.25, 0.3) is 0 Å². The van der Waals surface area contributed by atoms with Gasteiger partial charge in [0.1, 0.15) is 12.2 Å². The molecule has 0 aromatic carbocycles. The van der Waals surface area contributed by atoms with E-state index in [9.17, 15) is 0 Å². The molecule has 1 unspecified atom stereocenters. The summed E-state index contributed by atoms with van der Waals surface area (Å²) in [6.45, 7) is 9.57. The summed E-state index contributed by atoms with van der Waals surface area (Å²) in [6, 6.07) is 0. The molecule has 0 spiro atoms. The third-order valence-electron chi connectivity index (χ3n) is 3.39. The highest BCUT2D eigenvalue weighted by Crippen LogP contribution is 2.50. The number of nitrogens with zero attached hydrogens (tertiary/aromatic N) is 3. The van der Waals surface area contributed by atoms with Crippen molar-refractivity contribution in [3.8, 4) is 0 Å². The molecule has 84 valence electrons. The van der Waals surface area contributed by atoms with Crippen molar-refractivity contribution in [1.29, 1.82) is 0 Å². The predicted molar refractivity (Wildman–Crippen MR) is 59.3 cm³/mol. The topological polar surface area (TPSA) is 42.7 Å². The maximum atomic E-state index is 4.23. The Kier molecular flexibility index (Phi) is 2.78. The second-order valence-corrected chi connectivity index (χ2v) is 5.01. The van der Waals surface area contributed by atoms with Crippen LogP contribution < -0.4 is 5.32 Å². The van der Waals surface area contributed by atoms with Gasteiger partial charge in [-0.25, -0.2) is 9.67 Å². The van der Waals surface area contributed by atoms with Crippen LogP contribution in [-0.4, -0.2) is 21.3 Å². The monoisotopic (exact) mass is 208 g/mol. The van der Waals surface area contributed by atoms with E-state index < -0.39 is 0 Å². The van der Waals surface area contributed by atoms with Crippen molar-refractivity contribution in [1.82, 2.24) is 20.1 Å². The van der Waals surface area contributed by atoms with Crippen LogP contribution in [0.25, 0.3) is 0 Å². The summed E-state index contributed by atoms with van der Waals surface area (Å²) < 4.78 is 1.94. The summed E-state index contributed by atoms with van der Waals surface area (Å²) in [6.07, 6.45) is 2.97. The van der Waals surface area contributed by atoms with Crippen LogP contribution in [0, 0.1) is 11.3 Å². The van der Waals surface area contributed by atoms with Gasteiger partial charge in [-0.1, -0.05) is 13.8 Å². The first-order chi connectivity index (χ1) is 7.13. The molecule has 1 aliphatic rings. The molecule has 4 heteroatoms. The fourth-order valence-electron chi connectivity index (χ4n) is 1.97. The zero-order chi connectivity index (χ0) is 10.9. The number of rotatable bonds is 5. The largest absolute Gasteiger partial charge is 0.310 e. The second-order valence-electron chi connectivity index (χ2n) is 5.01. The summed E-state index contributed by atoms with van der Waals surface area (Å²) in [5.74, 6) is 1.88. The average Bonchev–Trinajstić information content (AvgIpc) is 2.64. The van der Waals surface area contributed by atoms with Gasteiger partial charge in [-0.15, -0.1) is 0 Å². The summed E-state index contributed by atoms with van der Waals surface area (Å²) >= 11 is 0. The smallest absolute Gasteiger partial charge is 0.140 e. The molecule has 4 nitrogen and oxygen atoms in total. The molecule has 1 aromatic heterocycles. The molecule has 0 radical (unpaired) electrons. The van der Waals surface area contributed by atoms with E-state index in [-0.39, 0.29) is 0 Å². The van der Waals surface area contributed by atoms with Gasteiger partial charge >= 0.3 is 0 Å². The lowest BCUT2D eigenvalue weighted by atomic mass is 10.1. The van der Waals surface area contributed by atoms with Gasteiger partial charge in [0.05, 0.1) is 6.54 Å². The van der Waals surface area contributed by atoms with Crippen LogP contribution in [0.1, 0.15) is 33.0 Å². The molecule has 1 aliphatic carbocycles. The van der Waals surface area contributed by atoms with Crippen LogP contribution in [0.2, 0.25) is 0 Å². The van der Waals surface area contributed by atoms with E-state index in [1.54, 1.807) is 6.33 Å². The van der Waals surface area contributed by atoms with E-state index in [4.69, 9.17) is 0 Å². The maximum Gasteiger partial charge on any atom is 0.140 e. The van der Waals surface area contributed by atoms with Crippen LogP contribution in [0.5, 0.6) is 0 Å². The third-order valence-corrected chi connectivity index (χ3v) is 3.39. The molecule has 1 heterocycles. The molecule has 15 heavy (non-hydrogen) atoms. The van der Waals surface area contributed by atoms with Crippen molar-refractivity contribution in [2.45, 2.75) is 40.3 Å². The van der Waals surface area contributed by atoms with Crippen molar-refractivity contribution in [2.75, 3.05) is 6.54 Å². The summed E-state index contributed by atoms with van der Waals surface area (Å²) in [5, 5.41) is 7.60. The van der Waals surface area contributed by atoms with E-state index in [2.05, 4.69) is 36.2 Å². The summed E-state index contributed by atoms with van der Waals surface area (Å²) in [5.41, 5.74) is 0.561. The van der Waals surface area contributed by atoms with Crippen LogP contribution in [0.3, 0.4) is 0 Å². The second kappa shape index (κ2) is 3.93. The molecule has 1 N–H and O–H groups in total. The van der Waals surface area contributed by atoms with Crippen LogP contribution in [0.15, 0.2) is 6.33 Å². The number of hydrogen-bond acceptors (Lipinski definition) is 3. The maximum absolute atomic E-state index is 4.23. The highest BCUT2D eigenvalue weighted by Gasteiger charge is 2.44. The van der Waals surface area contributed by atoms with Crippen molar-refractivity contribution in [2.24, 2.45) is 11.3 Å². The predicted octanol–water partition coefficient (Wildman–Crippen LogP) is 1.43. The highest BCUT2D eigenvalue weighted by molar-refractivity contribution is 4.96. The van der Waals surface area contributed by atoms with E-state index in [1.807, 2.05) is 4.68 Å². The molecule has 1 atom stereocenters. The van der Waals surface area contributed by atoms with Crippen LogP contribution in [0.4, 0.5) is 0 Å². The van der Waals surface area contributed by atoms with Gasteiger partial charge in [0.15, 0.2) is 0 Å². The molecular formula is C11H20N4. The minimum absolute atomic E-state index is 0.561. The van der Waals surface area contributed by atoms with Crippen molar-refractivity contribution in [3.05, 3.63) is 12.2 Å². The number of aryl methyl sites for hydroxylation is 1. The number of aromatic nitrogens is 3. The first-order valence-electron chi connectivity index (χ1n) is 5.71. The zero-order valence-corrected chi connectivity index (χ0v) is 9.82. The Labute approximate surface area is 91.1 Å². The lowest BCUT2D eigenvalue weighted by molar-refractivity contribution is 0.503. The minimum Gasteiger partial charge on any atom is -0.310 e. The van der Waals surface area contributed by atoms with E-state index in [0.29, 0.717) is 5.41 Å². The van der Waals surface area contributed by atoms with Crippen LogP contribution in [-0.2, 0) is 13.1 Å². The van der Waals surface area contributed by atoms with Gasteiger partial charge in [-0.05, 0) is 31.2 Å². The Morgan fingerprint density at radius 2 is 2.33 bits per heavy atom.